The molecule has 1 atom stereocenters. The van der Waals surface area contributed by atoms with Crippen LogP contribution in [0.15, 0.2) is 53.3 Å². The Morgan fingerprint density at radius 3 is 2.42 bits per heavy atom. The number of aromatic nitrogens is 5. The van der Waals surface area contributed by atoms with Crippen LogP contribution in [0, 0.1) is 0 Å². The minimum atomic E-state index is -0.368. The number of nitrogens with zero attached hydrogens (tertiary/aromatic N) is 6. The highest BCUT2D eigenvalue weighted by molar-refractivity contribution is 5.80. The summed E-state index contributed by atoms with van der Waals surface area (Å²) in [7, 11) is 1.68. The van der Waals surface area contributed by atoms with Crippen LogP contribution in [0.1, 0.15) is 57.1 Å². The standard InChI is InChI=1S/C29H37N7O2/c1-6-20-8-13-25-21(18-20)19-24(28(37)30-25)26(27-31-32-33-36(27)29(3,4)7-2)35-16-14-34(15-17-35)22-9-11-23(38-5)12-10-22/h8-13,18-19,26H,6-7,14-17H2,1-5H3,(H,30,37)/t26-/m1/s1. The Balaban J connectivity index is 1.54. The third-order valence-electron chi connectivity index (χ3n) is 7.93. The van der Waals surface area contributed by atoms with Crippen molar-refractivity contribution in [2.75, 3.05) is 38.2 Å². The minimum Gasteiger partial charge on any atom is -0.497 e. The molecule has 0 amide bonds. The number of anilines is 1. The van der Waals surface area contributed by atoms with E-state index in [0.29, 0.717) is 11.4 Å². The number of aryl methyl sites for hydroxylation is 1. The van der Waals surface area contributed by atoms with Gasteiger partial charge in [0.25, 0.3) is 5.56 Å². The minimum absolute atomic E-state index is 0.104. The lowest BCUT2D eigenvalue weighted by atomic mass is 9.98. The van der Waals surface area contributed by atoms with E-state index in [9.17, 15) is 4.79 Å². The molecule has 2 aromatic carbocycles. The molecule has 2 aromatic heterocycles. The Morgan fingerprint density at radius 2 is 1.76 bits per heavy atom. The average molecular weight is 516 g/mol. The number of pyridine rings is 1. The Morgan fingerprint density at radius 1 is 1.03 bits per heavy atom. The zero-order chi connectivity index (χ0) is 26.9. The lowest BCUT2D eigenvalue weighted by Gasteiger charge is -2.40. The van der Waals surface area contributed by atoms with Gasteiger partial charge >= 0.3 is 0 Å². The van der Waals surface area contributed by atoms with E-state index in [1.807, 2.05) is 28.9 Å². The number of aromatic amines is 1. The topological polar surface area (TPSA) is 92.2 Å². The molecule has 0 aliphatic carbocycles. The van der Waals surface area contributed by atoms with Crippen LogP contribution < -0.4 is 15.2 Å². The van der Waals surface area contributed by atoms with Crippen molar-refractivity contribution in [1.29, 1.82) is 0 Å². The molecule has 9 nitrogen and oxygen atoms in total. The van der Waals surface area contributed by atoms with Gasteiger partial charge in [0.1, 0.15) is 11.8 Å². The van der Waals surface area contributed by atoms with Gasteiger partial charge < -0.3 is 14.6 Å². The van der Waals surface area contributed by atoms with Gasteiger partial charge in [-0.05, 0) is 90.5 Å². The third kappa shape index (κ3) is 4.90. The van der Waals surface area contributed by atoms with Crippen molar-refractivity contribution in [3.8, 4) is 5.75 Å². The molecule has 200 valence electrons. The summed E-state index contributed by atoms with van der Waals surface area (Å²) in [6.45, 7) is 11.7. The van der Waals surface area contributed by atoms with Crippen LogP contribution in [0.5, 0.6) is 5.75 Å². The van der Waals surface area contributed by atoms with Crippen molar-refractivity contribution in [3.05, 3.63) is 75.8 Å². The molecule has 1 aliphatic heterocycles. The number of fused-ring (bicyclic) bond motifs is 1. The Bertz CT molecular complexity index is 1450. The van der Waals surface area contributed by atoms with Gasteiger partial charge in [-0.3, -0.25) is 9.69 Å². The smallest absolute Gasteiger partial charge is 0.253 e. The molecule has 1 saturated heterocycles. The first kappa shape index (κ1) is 25.9. The molecule has 3 heterocycles. The fraction of sp³-hybridized carbons (Fsp3) is 0.448. The van der Waals surface area contributed by atoms with E-state index in [4.69, 9.17) is 4.74 Å². The van der Waals surface area contributed by atoms with Crippen molar-refractivity contribution < 1.29 is 4.74 Å². The molecule has 1 N–H and O–H groups in total. The molecular formula is C29H37N7O2. The second kappa shape index (κ2) is 10.6. The lowest BCUT2D eigenvalue weighted by molar-refractivity contribution is 0.186. The largest absolute Gasteiger partial charge is 0.497 e. The normalized spacial score (nSPS) is 15.7. The molecule has 4 aromatic rings. The predicted octanol–water partition coefficient (Wildman–Crippen LogP) is 4.14. The monoisotopic (exact) mass is 515 g/mol. The van der Waals surface area contributed by atoms with Crippen LogP contribution in [0.3, 0.4) is 0 Å². The van der Waals surface area contributed by atoms with E-state index >= 15 is 0 Å². The number of ether oxygens (including phenoxy) is 1. The van der Waals surface area contributed by atoms with E-state index in [-0.39, 0.29) is 17.1 Å². The molecule has 5 rings (SSSR count). The molecule has 1 aliphatic rings. The maximum Gasteiger partial charge on any atom is 0.253 e. The summed E-state index contributed by atoms with van der Waals surface area (Å²) in [6.07, 6.45) is 1.79. The van der Waals surface area contributed by atoms with Crippen LogP contribution in [0.25, 0.3) is 10.9 Å². The first-order chi connectivity index (χ1) is 18.3. The molecule has 9 heteroatoms. The van der Waals surface area contributed by atoms with Gasteiger partial charge in [0.05, 0.1) is 12.6 Å². The average Bonchev–Trinajstić information content (AvgIpc) is 3.44. The van der Waals surface area contributed by atoms with Gasteiger partial charge in [-0.25, -0.2) is 4.68 Å². The van der Waals surface area contributed by atoms with E-state index in [1.165, 1.54) is 5.56 Å². The Kier molecular flexibility index (Phi) is 7.21. The molecule has 0 saturated carbocycles. The molecule has 38 heavy (non-hydrogen) atoms. The fourth-order valence-electron chi connectivity index (χ4n) is 5.17. The second-order valence-electron chi connectivity index (χ2n) is 10.6. The lowest BCUT2D eigenvalue weighted by Crippen LogP contribution is -2.49. The summed E-state index contributed by atoms with van der Waals surface area (Å²) in [5.74, 6) is 1.55. The number of piperazine rings is 1. The van der Waals surface area contributed by atoms with Gasteiger partial charge in [-0.1, -0.05) is 19.9 Å². The van der Waals surface area contributed by atoms with Crippen molar-refractivity contribution in [2.45, 2.75) is 52.1 Å². The van der Waals surface area contributed by atoms with E-state index in [0.717, 1.165) is 61.4 Å². The highest BCUT2D eigenvalue weighted by Crippen LogP contribution is 2.32. The molecule has 0 radical (unpaired) electrons. The number of H-pyrrole nitrogens is 1. The van der Waals surface area contributed by atoms with Crippen LogP contribution in [0.2, 0.25) is 0 Å². The molecule has 1 fully saturated rings. The molecule has 0 unspecified atom stereocenters. The Hall–Kier alpha value is -3.72. The summed E-state index contributed by atoms with van der Waals surface area (Å²) in [5.41, 5.74) is 3.51. The van der Waals surface area contributed by atoms with Gasteiger partial charge in [-0.15, -0.1) is 5.10 Å². The van der Waals surface area contributed by atoms with Crippen LogP contribution in [-0.4, -0.2) is 63.4 Å². The maximum atomic E-state index is 13.6. The third-order valence-corrected chi connectivity index (χ3v) is 7.93. The van der Waals surface area contributed by atoms with E-state index in [2.05, 4.69) is 82.3 Å². The second-order valence-corrected chi connectivity index (χ2v) is 10.6. The van der Waals surface area contributed by atoms with Crippen LogP contribution in [-0.2, 0) is 12.0 Å². The maximum absolute atomic E-state index is 13.6. The number of hydrogen-bond donors (Lipinski definition) is 1. The van der Waals surface area contributed by atoms with E-state index in [1.54, 1.807) is 7.11 Å². The van der Waals surface area contributed by atoms with E-state index < -0.39 is 0 Å². The summed E-state index contributed by atoms with van der Waals surface area (Å²) < 4.78 is 7.22. The molecule has 0 spiro atoms. The fourth-order valence-corrected chi connectivity index (χ4v) is 5.17. The van der Waals surface area contributed by atoms with Gasteiger partial charge in [0, 0.05) is 42.9 Å². The van der Waals surface area contributed by atoms with Crippen LogP contribution in [0.4, 0.5) is 5.69 Å². The van der Waals surface area contributed by atoms with Gasteiger partial charge in [0.15, 0.2) is 5.82 Å². The van der Waals surface area contributed by atoms with Crippen LogP contribution >= 0.6 is 0 Å². The van der Waals surface area contributed by atoms with Gasteiger partial charge in [0.2, 0.25) is 0 Å². The number of methoxy groups -OCH3 is 1. The van der Waals surface area contributed by atoms with Crippen molar-refractivity contribution in [2.24, 2.45) is 0 Å². The van der Waals surface area contributed by atoms with Crippen molar-refractivity contribution in [3.63, 3.8) is 0 Å². The van der Waals surface area contributed by atoms with Crippen molar-refractivity contribution >= 4 is 16.6 Å². The number of tetrazole rings is 1. The predicted molar refractivity (Wildman–Crippen MR) is 150 cm³/mol. The quantitative estimate of drug-likeness (QED) is 0.377. The summed E-state index contributed by atoms with van der Waals surface area (Å²) in [4.78, 5) is 21.4. The number of hydrogen-bond acceptors (Lipinski definition) is 7. The first-order valence-electron chi connectivity index (χ1n) is 13.4. The number of benzene rings is 2. The molecule has 0 bridgehead atoms. The highest BCUT2D eigenvalue weighted by atomic mass is 16.5. The van der Waals surface area contributed by atoms with Crippen molar-refractivity contribution in [1.82, 2.24) is 30.1 Å². The summed E-state index contributed by atoms with van der Waals surface area (Å²) >= 11 is 0. The number of nitrogens with one attached hydrogen (secondary N) is 1. The zero-order valence-electron chi connectivity index (χ0n) is 22.9. The van der Waals surface area contributed by atoms with Gasteiger partial charge in [-0.2, -0.15) is 0 Å². The summed E-state index contributed by atoms with van der Waals surface area (Å²) in [6, 6.07) is 16.1. The molecular weight excluding hydrogens is 478 g/mol. The first-order valence-corrected chi connectivity index (χ1v) is 13.4. The summed E-state index contributed by atoms with van der Waals surface area (Å²) in [5, 5.41) is 14.0. The highest BCUT2D eigenvalue weighted by Gasteiger charge is 2.35. The SMILES string of the molecule is CCc1ccc2[nH]c(=O)c([C@H](c3nnnn3C(C)(C)CC)N3CCN(c4ccc(OC)cc4)CC3)cc2c1. The Labute approximate surface area is 223 Å². The zero-order valence-corrected chi connectivity index (χ0v) is 22.9. The number of rotatable bonds is 8.